The van der Waals surface area contributed by atoms with Gasteiger partial charge in [0.1, 0.15) is 5.69 Å². The zero-order valence-corrected chi connectivity index (χ0v) is 7.93. The summed E-state index contributed by atoms with van der Waals surface area (Å²) in [5.74, 6) is 0. The first-order valence-electron chi connectivity index (χ1n) is 3.98. The van der Waals surface area contributed by atoms with Crippen molar-refractivity contribution in [1.29, 1.82) is 0 Å². The predicted molar refractivity (Wildman–Crippen MR) is 52.8 cm³/mol. The van der Waals surface area contributed by atoms with Gasteiger partial charge in [0.2, 0.25) is 0 Å². The van der Waals surface area contributed by atoms with E-state index < -0.39 is 4.92 Å². The van der Waals surface area contributed by atoms with Gasteiger partial charge in [-0.2, -0.15) is 0 Å². The van der Waals surface area contributed by atoms with E-state index in [9.17, 15) is 14.9 Å². The molecule has 0 atom stereocenters. The minimum Gasteiger partial charge on any atom is -0.372 e. The second-order valence-electron chi connectivity index (χ2n) is 2.98. The van der Waals surface area contributed by atoms with E-state index in [1.807, 2.05) is 0 Å². The molecule has 0 aliphatic rings. The van der Waals surface area contributed by atoms with Gasteiger partial charge in [-0.25, -0.2) is 0 Å². The number of hydrogen-bond donors (Lipinski definition) is 0. The molecule has 1 aromatic rings. The quantitative estimate of drug-likeness (QED) is 0.415. The molecule has 14 heavy (non-hydrogen) atoms. The summed E-state index contributed by atoms with van der Waals surface area (Å²) >= 11 is 0. The van der Waals surface area contributed by atoms with E-state index in [1.165, 1.54) is 6.07 Å². The first-order chi connectivity index (χ1) is 6.57. The van der Waals surface area contributed by atoms with Crippen LogP contribution in [0.5, 0.6) is 0 Å². The third-order valence-electron chi connectivity index (χ3n) is 1.84. The van der Waals surface area contributed by atoms with Crippen LogP contribution < -0.4 is 4.90 Å². The summed E-state index contributed by atoms with van der Waals surface area (Å²) in [6, 6.07) is 4.65. The number of nitro groups is 1. The van der Waals surface area contributed by atoms with Gasteiger partial charge in [0, 0.05) is 14.1 Å². The summed E-state index contributed by atoms with van der Waals surface area (Å²) in [5.41, 5.74) is 0.383. The van der Waals surface area contributed by atoms with Crippen molar-refractivity contribution < 1.29 is 9.72 Å². The van der Waals surface area contributed by atoms with Gasteiger partial charge >= 0.3 is 5.69 Å². The molecule has 0 amide bonds. The molecular formula is C9H10N2O3. The molecule has 5 nitrogen and oxygen atoms in total. The van der Waals surface area contributed by atoms with Crippen molar-refractivity contribution in [3.63, 3.8) is 0 Å². The fourth-order valence-corrected chi connectivity index (χ4v) is 1.20. The first kappa shape index (κ1) is 10.2. The molecule has 0 radical (unpaired) electrons. The Balaban J connectivity index is 3.43. The number of nitrogens with zero attached hydrogens (tertiary/aromatic N) is 2. The summed E-state index contributed by atoms with van der Waals surface area (Å²) in [6.07, 6.45) is 0.491. The predicted octanol–water partition coefficient (Wildman–Crippen LogP) is 1.47. The largest absolute Gasteiger partial charge is 0.372 e. The van der Waals surface area contributed by atoms with Crippen molar-refractivity contribution in [3.8, 4) is 0 Å². The topological polar surface area (TPSA) is 63.5 Å². The lowest BCUT2D eigenvalue weighted by Crippen LogP contribution is -2.12. The molecule has 0 bridgehead atoms. The molecule has 0 saturated carbocycles. The lowest BCUT2D eigenvalue weighted by Gasteiger charge is -2.12. The van der Waals surface area contributed by atoms with Gasteiger partial charge in [-0.1, -0.05) is 6.07 Å². The summed E-state index contributed by atoms with van der Waals surface area (Å²) in [7, 11) is 3.38. The molecule has 0 N–H and O–H groups in total. The highest BCUT2D eigenvalue weighted by Crippen LogP contribution is 2.29. The van der Waals surface area contributed by atoms with Crippen molar-refractivity contribution in [2.24, 2.45) is 0 Å². The maximum absolute atomic E-state index is 10.7. The number of carbonyl (C=O) groups excluding carboxylic acids is 1. The molecular weight excluding hydrogens is 184 g/mol. The van der Waals surface area contributed by atoms with E-state index in [0.717, 1.165) is 0 Å². The Morgan fingerprint density at radius 2 is 2.07 bits per heavy atom. The highest BCUT2D eigenvalue weighted by atomic mass is 16.6. The number of nitro benzene ring substituents is 1. The summed E-state index contributed by atoms with van der Waals surface area (Å²) in [4.78, 5) is 22.4. The van der Waals surface area contributed by atoms with E-state index >= 15 is 0 Å². The molecule has 1 aromatic carbocycles. The van der Waals surface area contributed by atoms with Crippen molar-refractivity contribution in [1.82, 2.24) is 0 Å². The lowest BCUT2D eigenvalue weighted by atomic mass is 10.1. The van der Waals surface area contributed by atoms with Crippen LogP contribution in [-0.2, 0) is 0 Å². The zero-order chi connectivity index (χ0) is 10.7. The number of anilines is 1. The summed E-state index contributed by atoms with van der Waals surface area (Å²) < 4.78 is 0. The van der Waals surface area contributed by atoms with Crippen molar-refractivity contribution in [2.75, 3.05) is 19.0 Å². The molecule has 0 aliphatic carbocycles. The highest BCUT2D eigenvalue weighted by Gasteiger charge is 2.19. The Labute approximate surface area is 81.1 Å². The molecule has 0 heterocycles. The maximum Gasteiger partial charge on any atom is 0.302 e. The SMILES string of the molecule is CN(C)c1cccc(C=O)c1[N+](=O)[O-]. The monoisotopic (exact) mass is 194 g/mol. The first-order valence-corrected chi connectivity index (χ1v) is 3.98. The number of carbonyl (C=O) groups is 1. The number of benzene rings is 1. The maximum atomic E-state index is 10.7. The van der Waals surface area contributed by atoms with Crippen LogP contribution in [-0.4, -0.2) is 25.3 Å². The van der Waals surface area contributed by atoms with Crippen LogP contribution in [0.3, 0.4) is 0 Å². The average molecular weight is 194 g/mol. The number of aldehydes is 1. The Hall–Kier alpha value is -1.91. The van der Waals surface area contributed by atoms with Crippen molar-refractivity contribution >= 4 is 17.7 Å². The Morgan fingerprint density at radius 3 is 2.50 bits per heavy atom. The van der Waals surface area contributed by atoms with Gasteiger partial charge in [-0.05, 0) is 12.1 Å². The van der Waals surface area contributed by atoms with Gasteiger partial charge < -0.3 is 4.90 Å². The fraction of sp³-hybridized carbons (Fsp3) is 0.222. The fourth-order valence-electron chi connectivity index (χ4n) is 1.20. The van der Waals surface area contributed by atoms with E-state index in [-0.39, 0.29) is 11.3 Å². The molecule has 74 valence electrons. The van der Waals surface area contributed by atoms with Gasteiger partial charge in [0.25, 0.3) is 0 Å². The van der Waals surface area contributed by atoms with E-state index in [0.29, 0.717) is 12.0 Å². The number of hydrogen-bond acceptors (Lipinski definition) is 4. The summed E-state index contributed by atoms with van der Waals surface area (Å²) in [5, 5.41) is 10.7. The molecule has 5 heteroatoms. The van der Waals surface area contributed by atoms with Crippen molar-refractivity contribution in [2.45, 2.75) is 0 Å². The smallest absolute Gasteiger partial charge is 0.302 e. The Kier molecular flexibility index (Phi) is 2.81. The third kappa shape index (κ3) is 1.71. The number of rotatable bonds is 3. The average Bonchev–Trinajstić information content (AvgIpc) is 2.16. The van der Waals surface area contributed by atoms with Crippen LogP contribution in [0.2, 0.25) is 0 Å². The summed E-state index contributed by atoms with van der Waals surface area (Å²) in [6.45, 7) is 0. The molecule has 0 spiro atoms. The van der Waals surface area contributed by atoms with Crippen LogP contribution in [0.15, 0.2) is 18.2 Å². The minimum absolute atomic E-state index is 0.0983. The van der Waals surface area contributed by atoms with Gasteiger partial charge in [0.15, 0.2) is 6.29 Å². The molecule has 1 rings (SSSR count). The van der Waals surface area contributed by atoms with Crippen molar-refractivity contribution in [3.05, 3.63) is 33.9 Å². The van der Waals surface area contributed by atoms with Gasteiger partial charge in [-0.15, -0.1) is 0 Å². The molecule has 0 saturated heterocycles. The van der Waals surface area contributed by atoms with Crippen LogP contribution in [0.1, 0.15) is 10.4 Å². The zero-order valence-electron chi connectivity index (χ0n) is 7.93. The van der Waals surface area contributed by atoms with Crippen LogP contribution >= 0.6 is 0 Å². The van der Waals surface area contributed by atoms with E-state index in [2.05, 4.69) is 0 Å². The second-order valence-corrected chi connectivity index (χ2v) is 2.98. The number of para-hydroxylation sites is 1. The van der Waals surface area contributed by atoms with E-state index in [1.54, 1.807) is 31.1 Å². The molecule has 0 aliphatic heterocycles. The lowest BCUT2D eigenvalue weighted by molar-refractivity contribution is -0.384. The van der Waals surface area contributed by atoms with Gasteiger partial charge in [-0.3, -0.25) is 14.9 Å². The van der Waals surface area contributed by atoms with Crippen LogP contribution in [0.25, 0.3) is 0 Å². The van der Waals surface area contributed by atoms with E-state index in [4.69, 9.17) is 0 Å². The highest BCUT2D eigenvalue weighted by molar-refractivity contribution is 5.86. The van der Waals surface area contributed by atoms with Crippen LogP contribution in [0.4, 0.5) is 11.4 Å². The standard InChI is InChI=1S/C9H10N2O3/c1-10(2)8-5-3-4-7(6-12)9(8)11(13)14/h3-6H,1-2H3. The second kappa shape index (κ2) is 3.87. The van der Waals surface area contributed by atoms with Crippen LogP contribution in [0, 0.1) is 10.1 Å². The molecule has 0 fully saturated rings. The third-order valence-corrected chi connectivity index (χ3v) is 1.84. The Morgan fingerprint density at radius 1 is 1.43 bits per heavy atom. The molecule has 0 aromatic heterocycles. The van der Waals surface area contributed by atoms with Gasteiger partial charge in [0.05, 0.1) is 10.5 Å². The normalized spacial score (nSPS) is 9.57. The Bertz CT molecular complexity index is 374. The minimum atomic E-state index is -0.543. The molecule has 0 unspecified atom stereocenters.